The predicted molar refractivity (Wildman–Crippen MR) is 136 cm³/mol. The fourth-order valence-corrected chi connectivity index (χ4v) is 4.09. The second-order valence-electron chi connectivity index (χ2n) is 8.76. The van der Waals surface area contributed by atoms with Crippen LogP contribution in [0.25, 0.3) is 0 Å². The summed E-state index contributed by atoms with van der Waals surface area (Å²) in [6.45, 7) is 9.77. The number of allylic oxidation sites excluding steroid dienone is 1. The van der Waals surface area contributed by atoms with Crippen molar-refractivity contribution < 1.29 is 4.79 Å². The molecule has 33 heavy (non-hydrogen) atoms. The van der Waals surface area contributed by atoms with Crippen LogP contribution in [0.1, 0.15) is 73.0 Å². The van der Waals surface area contributed by atoms with Gasteiger partial charge in [-0.05, 0) is 74.4 Å². The molecule has 1 heterocycles. The summed E-state index contributed by atoms with van der Waals surface area (Å²) in [5.74, 6) is 1.71. The number of aliphatic imine (C=N–C) groups is 1. The Kier molecular flexibility index (Phi) is 8.43. The van der Waals surface area contributed by atoms with Gasteiger partial charge in [-0.25, -0.2) is 4.99 Å². The standard InChI is InChI=1S/C28H34N4O/c1-5-15-30-27(20(3)6-2)31-26-18-25(10-7-21(26)4)28(33)32-16-13-24(14-17-32)23-11-8-22(19-29)9-12-23/h5,7-12,15,18,20,24H,6,13-14,16-17H2,1-4H3,(H,30,31). The number of piperidine rings is 1. The number of amidine groups is 1. The molecule has 1 unspecified atom stereocenters. The number of carbonyl (C=O) groups is 1. The summed E-state index contributed by atoms with van der Waals surface area (Å²) < 4.78 is 0. The zero-order valence-electron chi connectivity index (χ0n) is 20.1. The number of carbonyl (C=O) groups excluding carboxylic acids is 1. The Morgan fingerprint density at radius 1 is 1.24 bits per heavy atom. The highest BCUT2D eigenvalue weighted by Gasteiger charge is 2.25. The first-order valence-corrected chi connectivity index (χ1v) is 11.8. The van der Waals surface area contributed by atoms with Crippen molar-refractivity contribution >= 4 is 17.4 Å². The topological polar surface area (TPSA) is 68.5 Å². The van der Waals surface area contributed by atoms with Crippen molar-refractivity contribution in [3.05, 3.63) is 77.0 Å². The highest BCUT2D eigenvalue weighted by atomic mass is 16.2. The Hall–Kier alpha value is -3.39. The number of likely N-dealkylation sites (tertiary alicyclic amines) is 1. The maximum Gasteiger partial charge on any atom is 0.253 e. The third-order valence-corrected chi connectivity index (χ3v) is 6.48. The maximum atomic E-state index is 13.3. The van der Waals surface area contributed by atoms with Crippen LogP contribution in [-0.2, 0) is 0 Å². The number of hydrogen-bond donors (Lipinski definition) is 1. The first kappa shape index (κ1) is 24.3. The Labute approximate surface area is 197 Å². The van der Waals surface area contributed by atoms with Crippen LogP contribution in [0.15, 0.2) is 59.7 Å². The largest absolute Gasteiger partial charge is 0.343 e. The number of anilines is 1. The fraction of sp³-hybridized carbons (Fsp3) is 0.393. The molecule has 5 nitrogen and oxygen atoms in total. The van der Waals surface area contributed by atoms with Crippen LogP contribution in [0, 0.1) is 24.2 Å². The van der Waals surface area contributed by atoms with E-state index in [0.717, 1.165) is 49.4 Å². The zero-order valence-corrected chi connectivity index (χ0v) is 20.1. The van der Waals surface area contributed by atoms with E-state index in [1.807, 2.05) is 67.3 Å². The van der Waals surface area contributed by atoms with Crippen molar-refractivity contribution in [2.24, 2.45) is 10.9 Å². The molecule has 3 rings (SSSR count). The molecule has 1 saturated heterocycles. The number of rotatable bonds is 6. The molecule has 1 N–H and O–H groups in total. The molecule has 0 aromatic heterocycles. The molecule has 5 heteroatoms. The van der Waals surface area contributed by atoms with Crippen molar-refractivity contribution in [3.8, 4) is 6.07 Å². The minimum absolute atomic E-state index is 0.0758. The Bertz CT molecular complexity index is 1050. The monoisotopic (exact) mass is 442 g/mol. The first-order valence-electron chi connectivity index (χ1n) is 11.8. The molecule has 1 fully saturated rings. The van der Waals surface area contributed by atoms with E-state index >= 15 is 0 Å². The average Bonchev–Trinajstić information content (AvgIpc) is 2.86. The molecule has 1 atom stereocenters. The second kappa shape index (κ2) is 11.5. The van der Waals surface area contributed by atoms with Gasteiger partial charge in [0.05, 0.1) is 11.6 Å². The summed E-state index contributed by atoms with van der Waals surface area (Å²) in [7, 11) is 0. The highest BCUT2D eigenvalue weighted by Crippen LogP contribution is 2.29. The lowest BCUT2D eigenvalue weighted by atomic mass is 9.89. The van der Waals surface area contributed by atoms with Crippen molar-refractivity contribution in [1.82, 2.24) is 4.90 Å². The summed E-state index contributed by atoms with van der Waals surface area (Å²) in [5, 5.41) is 12.5. The van der Waals surface area contributed by atoms with E-state index < -0.39 is 0 Å². The maximum absolute atomic E-state index is 13.3. The van der Waals surface area contributed by atoms with Gasteiger partial charge in [-0.15, -0.1) is 0 Å². The van der Waals surface area contributed by atoms with Crippen LogP contribution < -0.4 is 5.32 Å². The summed E-state index contributed by atoms with van der Waals surface area (Å²) in [5.41, 5.74) is 4.65. The van der Waals surface area contributed by atoms with E-state index in [1.54, 1.807) is 6.20 Å². The molecule has 2 aromatic carbocycles. The van der Waals surface area contributed by atoms with E-state index in [2.05, 4.69) is 30.2 Å². The number of benzene rings is 2. The number of amides is 1. The average molecular weight is 443 g/mol. The summed E-state index contributed by atoms with van der Waals surface area (Å²) in [6, 6.07) is 15.9. The van der Waals surface area contributed by atoms with E-state index in [-0.39, 0.29) is 5.91 Å². The van der Waals surface area contributed by atoms with Gasteiger partial charge >= 0.3 is 0 Å². The number of nitrogens with one attached hydrogen (secondary N) is 1. The van der Waals surface area contributed by atoms with Crippen LogP contribution in [0.3, 0.4) is 0 Å². The van der Waals surface area contributed by atoms with Gasteiger partial charge in [-0.1, -0.05) is 38.1 Å². The molecule has 172 valence electrons. The summed E-state index contributed by atoms with van der Waals surface area (Å²) >= 11 is 0. The molecule has 2 aromatic rings. The fourth-order valence-electron chi connectivity index (χ4n) is 4.09. The van der Waals surface area contributed by atoms with Gasteiger partial charge in [-0.2, -0.15) is 5.26 Å². The molecule has 0 aliphatic carbocycles. The predicted octanol–water partition coefficient (Wildman–Crippen LogP) is 6.28. The molecule has 1 aliphatic rings. The molecule has 1 aliphatic heterocycles. The Morgan fingerprint density at radius 3 is 2.55 bits per heavy atom. The van der Waals surface area contributed by atoms with E-state index in [9.17, 15) is 4.79 Å². The van der Waals surface area contributed by atoms with E-state index in [1.165, 1.54) is 5.56 Å². The normalized spacial score (nSPS) is 16.0. The van der Waals surface area contributed by atoms with Crippen LogP contribution >= 0.6 is 0 Å². The third-order valence-electron chi connectivity index (χ3n) is 6.48. The number of hydrogen-bond acceptors (Lipinski definition) is 3. The van der Waals surface area contributed by atoms with Gasteiger partial charge in [0.25, 0.3) is 5.91 Å². The van der Waals surface area contributed by atoms with Gasteiger partial charge in [0.15, 0.2) is 0 Å². The van der Waals surface area contributed by atoms with Crippen LogP contribution in [0.2, 0.25) is 0 Å². The van der Waals surface area contributed by atoms with Crippen LogP contribution in [-0.4, -0.2) is 29.7 Å². The van der Waals surface area contributed by atoms with E-state index in [4.69, 9.17) is 5.26 Å². The minimum atomic E-state index is 0.0758. The molecule has 0 bridgehead atoms. The second-order valence-corrected chi connectivity index (χ2v) is 8.76. The minimum Gasteiger partial charge on any atom is -0.343 e. The number of nitriles is 1. The smallest absolute Gasteiger partial charge is 0.253 e. The molecular weight excluding hydrogens is 408 g/mol. The van der Waals surface area contributed by atoms with Crippen molar-refractivity contribution in [1.29, 1.82) is 5.26 Å². The highest BCUT2D eigenvalue weighted by molar-refractivity contribution is 6.00. The SMILES string of the molecule is CC=CN=C(Nc1cc(C(=O)N2CCC(c3ccc(C#N)cc3)CC2)ccc1C)C(C)CC. The molecular formula is C28H34N4O. The first-order chi connectivity index (χ1) is 16.0. The third kappa shape index (κ3) is 6.10. The number of nitrogens with zero attached hydrogens (tertiary/aromatic N) is 3. The van der Waals surface area contributed by atoms with Crippen molar-refractivity contribution in [3.63, 3.8) is 0 Å². The summed E-state index contributed by atoms with van der Waals surface area (Å²) in [6.07, 6.45) is 6.57. The molecule has 1 amide bonds. The van der Waals surface area contributed by atoms with Gasteiger partial charge in [-0.3, -0.25) is 4.79 Å². The van der Waals surface area contributed by atoms with Gasteiger partial charge < -0.3 is 10.2 Å². The Balaban J connectivity index is 1.70. The molecule has 0 saturated carbocycles. The van der Waals surface area contributed by atoms with Crippen molar-refractivity contribution in [2.75, 3.05) is 18.4 Å². The van der Waals surface area contributed by atoms with E-state index in [0.29, 0.717) is 23.0 Å². The van der Waals surface area contributed by atoms with Crippen LogP contribution in [0.5, 0.6) is 0 Å². The molecule has 0 radical (unpaired) electrons. The van der Waals surface area contributed by atoms with Gasteiger partial charge in [0, 0.05) is 36.5 Å². The Morgan fingerprint density at radius 2 is 1.94 bits per heavy atom. The number of aryl methyl sites for hydroxylation is 1. The molecule has 0 spiro atoms. The van der Waals surface area contributed by atoms with Crippen LogP contribution in [0.4, 0.5) is 5.69 Å². The lowest BCUT2D eigenvalue weighted by Gasteiger charge is -2.32. The lowest BCUT2D eigenvalue weighted by Crippen LogP contribution is -2.38. The summed E-state index contributed by atoms with van der Waals surface area (Å²) in [4.78, 5) is 19.8. The van der Waals surface area contributed by atoms with Gasteiger partial charge in [0.1, 0.15) is 5.84 Å². The quantitative estimate of drug-likeness (QED) is 0.423. The lowest BCUT2D eigenvalue weighted by molar-refractivity contribution is 0.0713. The van der Waals surface area contributed by atoms with Gasteiger partial charge in [0.2, 0.25) is 0 Å². The van der Waals surface area contributed by atoms with Crippen molar-refractivity contribution in [2.45, 2.75) is 52.9 Å². The zero-order chi connectivity index (χ0) is 23.8.